The first-order valence-corrected chi connectivity index (χ1v) is 6.59. The zero-order chi connectivity index (χ0) is 11.9. The van der Waals surface area contributed by atoms with Crippen LogP contribution >= 0.6 is 0 Å². The molecule has 1 rings (SSSR count). The first-order chi connectivity index (χ1) is 6.59. The van der Waals surface area contributed by atoms with Crippen LogP contribution in [-0.4, -0.2) is 0 Å². The van der Waals surface area contributed by atoms with Crippen LogP contribution in [0.4, 0.5) is 0 Å². The van der Waals surface area contributed by atoms with Crippen molar-refractivity contribution in [3.05, 3.63) is 0 Å². The Kier molecular flexibility index (Phi) is 3.58. The highest BCUT2D eigenvalue weighted by atomic mass is 14.4. The van der Waals surface area contributed by atoms with Gasteiger partial charge in [-0.05, 0) is 47.8 Å². The van der Waals surface area contributed by atoms with E-state index < -0.39 is 0 Å². The number of rotatable bonds is 1. The minimum Gasteiger partial charge on any atom is -0.0622 e. The highest BCUT2D eigenvalue weighted by molar-refractivity contribution is 4.89. The van der Waals surface area contributed by atoms with Crippen LogP contribution in [0.15, 0.2) is 0 Å². The maximum Gasteiger partial charge on any atom is -0.0337 e. The summed E-state index contributed by atoms with van der Waals surface area (Å²) < 4.78 is 0. The van der Waals surface area contributed by atoms with Gasteiger partial charge in [0, 0.05) is 0 Å². The summed E-state index contributed by atoms with van der Waals surface area (Å²) in [6.07, 6.45) is 4.32. The van der Waals surface area contributed by atoms with E-state index in [1.54, 1.807) is 0 Å². The zero-order valence-corrected chi connectivity index (χ0v) is 11.9. The molecular weight excluding hydrogens is 180 g/mol. The Morgan fingerprint density at radius 1 is 0.933 bits per heavy atom. The van der Waals surface area contributed by atoms with Crippen LogP contribution in [0.3, 0.4) is 0 Å². The average molecular weight is 210 g/mol. The van der Waals surface area contributed by atoms with Gasteiger partial charge in [-0.2, -0.15) is 0 Å². The lowest BCUT2D eigenvalue weighted by Crippen LogP contribution is -2.22. The monoisotopic (exact) mass is 210 g/mol. The van der Waals surface area contributed by atoms with Gasteiger partial charge in [0.15, 0.2) is 0 Å². The molecule has 0 heterocycles. The Morgan fingerprint density at radius 2 is 1.47 bits per heavy atom. The third kappa shape index (κ3) is 3.81. The van der Waals surface area contributed by atoms with Crippen molar-refractivity contribution in [3.63, 3.8) is 0 Å². The van der Waals surface area contributed by atoms with Crippen molar-refractivity contribution >= 4 is 0 Å². The molecule has 1 aliphatic carbocycles. The summed E-state index contributed by atoms with van der Waals surface area (Å²) in [6.45, 7) is 16.8. The lowest BCUT2D eigenvalue weighted by Gasteiger charge is -2.31. The maximum absolute atomic E-state index is 2.46. The van der Waals surface area contributed by atoms with Gasteiger partial charge in [0.05, 0.1) is 0 Å². The fraction of sp³-hybridized carbons (Fsp3) is 1.00. The van der Waals surface area contributed by atoms with E-state index in [4.69, 9.17) is 0 Å². The molecule has 0 aromatic rings. The molecular formula is C15H30. The Labute approximate surface area is 96.8 Å². The third-order valence-corrected chi connectivity index (χ3v) is 3.99. The van der Waals surface area contributed by atoms with Crippen molar-refractivity contribution < 1.29 is 0 Å². The SMILES string of the molecule is CC1CC(CC(C)(C)C)CC1C(C)(C)C. The molecule has 0 aliphatic heterocycles. The molecule has 0 amide bonds. The van der Waals surface area contributed by atoms with Gasteiger partial charge in [-0.15, -0.1) is 0 Å². The molecule has 1 aliphatic rings. The van der Waals surface area contributed by atoms with Gasteiger partial charge in [0.2, 0.25) is 0 Å². The highest BCUT2D eigenvalue weighted by Gasteiger charge is 2.39. The summed E-state index contributed by atoms with van der Waals surface area (Å²) >= 11 is 0. The van der Waals surface area contributed by atoms with Crippen molar-refractivity contribution in [2.75, 3.05) is 0 Å². The van der Waals surface area contributed by atoms with Crippen LogP contribution in [0.5, 0.6) is 0 Å². The van der Waals surface area contributed by atoms with Gasteiger partial charge in [-0.1, -0.05) is 48.5 Å². The second kappa shape index (κ2) is 4.11. The van der Waals surface area contributed by atoms with Gasteiger partial charge in [-0.25, -0.2) is 0 Å². The van der Waals surface area contributed by atoms with Gasteiger partial charge in [-0.3, -0.25) is 0 Å². The molecule has 0 aromatic carbocycles. The summed E-state index contributed by atoms with van der Waals surface area (Å²) in [7, 11) is 0. The fourth-order valence-electron chi connectivity index (χ4n) is 3.62. The number of hydrogen-bond donors (Lipinski definition) is 0. The summed E-state index contributed by atoms with van der Waals surface area (Å²) in [5.74, 6) is 2.84. The van der Waals surface area contributed by atoms with E-state index in [1.807, 2.05) is 0 Å². The van der Waals surface area contributed by atoms with Crippen molar-refractivity contribution in [3.8, 4) is 0 Å². The second-order valence-electron chi connectivity index (χ2n) is 8.05. The minimum atomic E-state index is 0.506. The van der Waals surface area contributed by atoms with Crippen LogP contribution in [0.1, 0.15) is 67.7 Å². The molecule has 0 spiro atoms. The Bertz CT molecular complexity index is 201. The molecule has 0 heteroatoms. The van der Waals surface area contributed by atoms with Crippen LogP contribution in [0, 0.1) is 28.6 Å². The molecule has 0 N–H and O–H groups in total. The molecule has 0 bridgehead atoms. The fourth-order valence-corrected chi connectivity index (χ4v) is 3.62. The summed E-state index contributed by atoms with van der Waals surface area (Å²) in [4.78, 5) is 0. The smallest absolute Gasteiger partial charge is 0.0337 e. The molecule has 90 valence electrons. The molecule has 0 aromatic heterocycles. The average Bonchev–Trinajstić information content (AvgIpc) is 2.25. The Balaban J connectivity index is 2.57. The van der Waals surface area contributed by atoms with Crippen LogP contribution in [0.25, 0.3) is 0 Å². The van der Waals surface area contributed by atoms with Crippen LogP contribution in [-0.2, 0) is 0 Å². The van der Waals surface area contributed by atoms with E-state index in [9.17, 15) is 0 Å². The first kappa shape index (κ1) is 13.1. The predicted molar refractivity (Wildman–Crippen MR) is 68.9 cm³/mol. The first-order valence-electron chi connectivity index (χ1n) is 6.59. The topological polar surface area (TPSA) is 0 Å². The van der Waals surface area contributed by atoms with E-state index >= 15 is 0 Å². The molecule has 1 saturated carbocycles. The Hall–Kier alpha value is 0. The van der Waals surface area contributed by atoms with Crippen LogP contribution < -0.4 is 0 Å². The van der Waals surface area contributed by atoms with E-state index in [2.05, 4.69) is 48.5 Å². The summed E-state index contributed by atoms with van der Waals surface area (Å²) in [6, 6.07) is 0. The minimum absolute atomic E-state index is 0.506. The van der Waals surface area contributed by atoms with E-state index in [0.29, 0.717) is 10.8 Å². The Morgan fingerprint density at radius 3 is 1.80 bits per heavy atom. The standard InChI is InChI=1S/C15H30/c1-11-8-12(10-14(2,3)4)9-13(11)15(5,6)7/h11-13H,8-10H2,1-7H3. The molecule has 3 unspecified atom stereocenters. The quantitative estimate of drug-likeness (QED) is 0.563. The van der Waals surface area contributed by atoms with E-state index in [0.717, 1.165) is 17.8 Å². The largest absolute Gasteiger partial charge is 0.0622 e. The lowest BCUT2D eigenvalue weighted by atomic mass is 9.75. The molecule has 0 nitrogen and oxygen atoms in total. The summed E-state index contributed by atoms with van der Waals surface area (Å²) in [5.41, 5.74) is 1.02. The van der Waals surface area contributed by atoms with Crippen molar-refractivity contribution in [2.24, 2.45) is 28.6 Å². The van der Waals surface area contributed by atoms with Crippen molar-refractivity contribution in [1.29, 1.82) is 0 Å². The normalized spacial score (nSPS) is 33.4. The van der Waals surface area contributed by atoms with E-state index in [-0.39, 0.29) is 0 Å². The maximum atomic E-state index is 2.46. The van der Waals surface area contributed by atoms with Gasteiger partial charge >= 0.3 is 0 Å². The highest BCUT2D eigenvalue weighted by Crippen LogP contribution is 2.48. The molecule has 0 saturated heterocycles. The lowest BCUT2D eigenvalue weighted by molar-refractivity contribution is 0.190. The summed E-state index contributed by atoms with van der Waals surface area (Å²) in [5, 5.41) is 0. The molecule has 3 atom stereocenters. The van der Waals surface area contributed by atoms with Crippen LogP contribution in [0.2, 0.25) is 0 Å². The van der Waals surface area contributed by atoms with Gasteiger partial charge < -0.3 is 0 Å². The predicted octanol–water partition coefficient (Wildman–Crippen LogP) is 5.13. The van der Waals surface area contributed by atoms with Gasteiger partial charge in [0.1, 0.15) is 0 Å². The van der Waals surface area contributed by atoms with Crippen molar-refractivity contribution in [2.45, 2.75) is 67.7 Å². The second-order valence-corrected chi connectivity index (χ2v) is 8.05. The zero-order valence-electron chi connectivity index (χ0n) is 11.9. The number of hydrogen-bond acceptors (Lipinski definition) is 0. The van der Waals surface area contributed by atoms with Gasteiger partial charge in [0.25, 0.3) is 0 Å². The molecule has 15 heavy (non-hydrogen) atoms. The third-order valence-electron chi connectivity index (χ3n) is 3.99. The molecule has 1 fully saturated rings. The van der Waals surface area contributed by atoms with Crippen molar-refractivity contribution in [1.82, 2.24) is 0 Å². The van der Waals surface area contributed by atoms with E-state index in [1.165, 1.54) is 19.3 Å². The molecule has 0 radical (unpaired) electrons.